The van der Waals surface area contributed by atoms with Crippen molar-refractivity contribution >= 4 is 0 Å². The van der Waals surface area contributed by atoms with Crippen LogP contribution >= 0.6 is 0 Å². The molecule has 0 radical (unpaired) electrons. The fraction of sp³-hybridized carbons (Fsp3) is 0.500. The molecule has 1 N–H and O–H groups in total. The second kappa shape index (κ2) is 4.60. The summed E-state index contributed by atoms with van der Waals surface area (Å²) in [5.41, 5.74) is -0.304. The number of aliphatic hydroxyl groups excluding tert-OH is 1. The van der Waals surface area contributed by atoms with Crippen molar-refractivity contribution in [3.63, 3.8) is 0 Å². The number of aliphatic hydroxyl groups is 1. The van der Waals surface area contributed by atoms with E-state index in [9.17, 15) is 10.4 Å². The van der Waals surface area contributed by atoms with Gasteiger partial charge in [-0.15, -0.1) is 0 Å². The highest BCUT2D eigenvalue weighted by atomic mass is 16.5. The summed E-state index contributed by atoms with van der Waals surface area (Å²) in [6.07, 6.45) is 2.20. The molecule has 2 heterocycles. The largest absolute Gasteiger partial charge is 0.385 e. The Hall–Kier alpha value is -1.44. The number of nitriles is 1. The second-order valence-electron chi connectivity index (χ2n) is 4.08. The highest BCUT2D eigenvalue weighted by molar-refractivity contribution is 5.16. The van der Waals surface area contributed by atoms with Crippen molar-refractivity contribution in [1.82, 2.24) is 4.98 Å². The highest BCUT2D eigenvalue weighted by Crippen LogP contribution is 2.39. The first-order chi connectivity index (χ1) is 7.78. The first-order valence-electron chi connectivity index (χ1n) is 5.36. The first kappa shape index (κ1) is 11.1. The average molecular weight is 218 g/mol. The summed E-state index contributed by atoms with van der Waals surface area (Å²) in [7, 11) is 0. The van der Waals surface area contributed by atoms with Crippen molar-refractivity contribution in [2.75, 3.05) is 13.2 Å². The molecular formula is C12H14N2O2. The lowest BCUT2D eigenvalue weighted by atomic mass is 9.77. The van der Waals surface area contributed by atoms with E-state index in [4.69, 9.17) is 4.74 Å². The molecule has 16 heavy (non-hydrogen) atoms. The van der Waals surface area contributed by atoms with E-state index in [0.29, 0.717) is 18.7 Å². The molecule has 0 amide bonds. The predicted octanol–water partition coefficient (Wildman–Crippen LogP) is 1.44. The summed E-state index contributed by atoms with van der Waals surface area (Å²) in [6, 6.07) is 7.53. The van der Waals surface area contributed by atoms with Crippen LogP contribution in [-0.2, 0) is 4.74 Å². The van der Waals surface area contributed by atoms with Gasteiger partial charge in [0, 0.05) is 12.8 Å². The standard InChI is InChI=1S/C12H14N2O2/c13-8-12(5-3-7-16-9-12)11(15)10-4-1-2-6-14-10/h1-2,4,6,11,15H,3,5,7,9H2. The van der Waals surface area contributed by atoms with Crippen LogP contribution < -0.4 is 0 Å². The van der Waals surface area contributed by atoms with E-state index in [0.717, 1.165) is 6.42 Å². The van der Waals surface area contributed by atoms with Gasteiger partial charge < -0.3 is 9.84 Å². The third kappa shape index (κ3) is 1.92. The molecule has 0 saturated carbocycles. The lowest BCUT2D eigenvalue weighted by Crippen LogP contribution is -2.36. The topological polar surface area (TPSA) is 66.1 Å². The fourth-order valence-electron chi connectivity index (χ4n) is 2.00. The Morgan fingerprint density at radius 3 is 3.00 bits per heavy atom. The molecule has 1 fully saturated rings. The Morgan fingerprint density at radius 2 is 2.44 bits per heavy atom. The third-order valence-electron chi connectivity index (χ3n) is 2.99. The zero-order chi connectivity index (χ0) is 11.4. The van der Waals surface area contributed by atoms with Gasteiger partial charge in [-0.3, -0.25) is 4.98 Å². The molecule has 2 atom stereocenters. The quantitative estimate of drug-likeness (QED) is 0.815. The van der Waals surface area contributed by atoms with Gasteiger partial charge in [0.15, 0.2) is 0 Å². The number of hydrogen-bond donors (Lipinski definition) is 1. The number of hydrogen-bond acceptors (Lipinski definition) is 4. The number of rotatable bonds is 2. The number of aromatic nitrogens is 1. The second-order valence-corrected chi connectivity index (χ2v) is 4.08. The van der Waals surface area contributed by atoms with Gasteiger partial charge in [-0.1, -0.05) is 6.07 Å². The molecule has 4 nitrogen and oxygen atoms in total. The summed E-state index contributed by atoms with van der Waals surface area (Å²) in [6.45, 7) is 0.944. The SMILES string of the molecule is N#CC1(C(O)c2ccccn2)CCCOC1. The van der Waals surface area contributed by atoms with Crippen LogP contribution in [0.1, 0.15) is 24.6 Å². The average Bonchev–Trinajstić information content (AvgIpc) is 2.39. The van der Waals surface area contributed by atoms with E-state index in [1.807, 2.05) is 0 Å². The molecule has 1 aliphatic rings. The van der Waals surface area contributed by atoms with Gasteiger partial charge in [0.1, 0.15) is 11.5 Å². The van der Waals surface area contributed by atoms with E-state index in [-0.39, 0.29) is 6.61 Å². The van der Waals surface area contributed by atoms with Gasteiger partial charge in [0.05, 0.1) is 18.4 Å². The van der Waals surface area contributed by atoms with Gasteiger partial charge in [-0.25, -0.2) is 0 Å². The molecule has 1 saturated heterocycles. The van der Waals surface area contributed by atoms with E-state index < -0.39 is 11.5 Å². The minimum absolute atomic E-state index is 0.279. The van der Waals surface area contributed by atoms with Crippen molar-refractivity contribution in [2.24, 2.45) is 5.41 Å². The number of pyridine rings is 1. The van der Waals surface area contributed by atoms with Crippen LogP contribution in [0.2, 0.25) is 0 Å². The molecule has 4 heteroatoms. The summed E-state index contributed by atoms with van der Waals surface area (Å²) in [5, 5.41) is 19.5. The van der Waals surface area contributed by atoms with Crippen molar-refractivity contribution in [3.8, 4) is 6.07 Å². The van der Waals surface area contributed by atoms with Crippen molar-refractivity contribution < 1.29 is 9.84 Å². The van der Waals surface area contributed by atoms with Gasteiger partial charge in [-0.2, -0.15) is 5.26 Å². The van der Waals surface area contributed by atoms with Gasteiger partial charge in [0.2, 0.25) is 0 Å². The Balaban J connectivity index is 2.25. The minimum atomic E-state index is -0.876. The zero-order valence-electron chi connectivity index (χ0n) is 8.97. The molecule has 0 aliphatic carbocycles. The molecular weight excluding hydrogens is 204 g/mol. The van der Waals surface area contributed by atoms with Crippen LogP contribution in [0, 0.1) is 16.7 Å². The summed E-state index contributed by atoms with van der Waals surface area (Å²) in [5.74, 6) is 0. The smallest absolute Gasteiger partial charge is 0.117 e. The summed E-state index contributed by atoms with van der Waals surface area (Å²) >= 11 is 0. The Morgan fingerprint density at radius 1 is 1.56 bits per heavy atom. The lowest BCUT2D eigenvalue weighted by Gasteiger charge is -2.34. The molecule has 0 spiro atoms. The molecule has 1 aromatic heterocycles. The van der Waals surface area contributed by atoms with Gasteiger partial charge in [0.25, 0.3) is 0 Å². The van der Waals surface area contributed by atoms with E-state index in [2.05, 4.69) is 11.1 Å². The van der Waals surface area contributed by atoms with Gasteiger partial charge in [-0.05, 0) is 25.0 Å². The maximum atomic E-state index is 10.2. The third-order valence-corrected chi connectivity index (χ3v) is 2.99. The Labute approximate surface area is 94.5 Å². The van der Waals surface area contributed by atoms with Crippen LogP contribution in [0.4, 0.5) is 0 Å². The maximum absolute atomic E-state index is 10.2. The molecule has 1 aromatic rings. The zero-order valence-corrected chi connectivity index (χ0v) is 8.97. The van der Waals surface area contributed by atoms with Gasteiger partial charge >= 0.3 is 0 Å². The van der Waals surface area contributed by atoms with Crippen molar-refractivity contribution in [2.45, 2.75) is 18.9 Å². The van der Waals surface area contributed by atoms with Crippen LogP contribution in [0.25, 0.3) is 0 Å². The molecule has 2 rings (SSSR count). The van der Waals surface area contributed by atoms with E-state index >= 15 is 0 Å². The highest BCUT2D eigenvalue weighted by Gasteiger charge is 2.41. The molecule has 0 bridgehead atoms. The lowest BCUT2D eigenvalue weighted by molar-refractivity contribution is -0.0521. The van der Waals surface area contributed by atoms with Crippen LogP contribution in [0.3, 0.4) is 0 Å². The number of nitrogens with zero attached hydrogens (tertiary/aromatic N) is 2. The predicted molar refractivity (Wildman–Crippen MR) is 57.3 cm³/mol. The summed E-state index contributed by atoms with van der Waals surface area (Å²) < 4.78 is 5.31. The van der Waals surface area contributed by atoms with Crippen molar-refractivity contribution in [1.29, 1.82) is 5.26 Å². The van der Waals surface area contributed by atoms with Crippen molar-refractivity contribution in [3.05, 3.63) is 30.1 Å². The van der Waals surface area contributed by atoms with Crippen LogP contribution in [-0.4, -0.2) is 23.3 Å². The minimum Gasteiger partial charge on any atom is -0.385 e. The Kier molecular flexibility index (Phi) is 3.18. The molecule has 0 aromatic carbocycles. The molecule has 84 valence electrons. The van der Waals surface area contributed by atoms with E-state index in [1.54, 1.807) is 24.4 Å². The Bertz CT molecular complexity index is 380. The number of ether oxygens (including phenoxy) is 1. The summed E-state index contributed by atoms with van der Waals surface area (Å²) in [4.78, 5) is 4.09. The van der Waals surface area contributed by atoms with E-state index in [1.165, 1.54) is 0 Å². The monoisotopic (exact) mass is 218 g/mol. The van der Waals surface area contributed by atoms with Crippen LogP contribution in [0.5, 0.6) is 0 Å². The van der Waals surface area contributed by atoms with Crippen LogP contribution in [0.15, 0.2) is 24.4 Å². The first-order valence-corrected chi connectivity index (χ1v) is 5.36. The maximum Gasteiger partial charge on any atom is 0.117 e. The normalized spacial score (nSPS) is 27.0. The molecule has 2 unspecified atom stereocenters. The fourth-order valence-corrected chi connectivity index (χ4v) is 2.00. The molecule has 1 aliphatic heterocycles.